The van der Waals surface area contributed by atoms with Crippen LogP contribution in [-0.2, 0) is 6.42 Å². The second kappa shape index (κ2) is 6.99. The first-order valence-electron chi connectivity index (χ1n) is 8.90. The first-order valence-corrected chi connectivity index (χ1v) is 8.90. The van der Waals surface area contributed by atoms with E-state index in [1.54, 1.807) is 31.4 Å². The lowest BCUT2D eigenvalue weighted by molar-refractivity contribution is 0.0954. The lowest BCUT2D eigenvalue weighted by atomic mass is 9.71. The summed E-state index contributed by atoms with van der Waals surface area (Å²) in [5, 5.41) is 4.23. The second-order valence-electron chi connectivity index (χ2n) is 7.64. The summed E-state index contributed by atoms with van der Waals surface area (Å²) in [6, 6.07) is 10.8. The van der Waals surface area contributed by atoms with Crippen LogP contribution in [0, 0.1) is 19.3 Å². The third-order valence-electron chi connectivity index (χ3n) is 4.90. The molecule has 0 spiro atoms. The summed E-state index contributed by atoms with van der Waals surface area (Å²) in [7, 11) is 1.57. The van der Waals surface area contributed by atoms with Gasteiger partial charge in [-0.1, -0.05) is 31.5 Å². The van der Waals surface area contributed by atoms with Gasteiger partial charge < -0.3 is 4.74 Å². The van der Waals surface area contributed by atoms with Gasteiger partial charge in [0.2, 0.25) is 5.78 Å². The van der Waals surface area contributed by atoms with Gasteiger partial charge in [-0.2, -0.15) is 5.10 Å². The number of aryl methyl sites for hydroxylation is 2. The van der Waals surface area contributed by atoms with E-state index in [2.05, 4.69) is 16.6 Å². The van der Waals surface area contributed by atoms with Crippen LogP contribution in [0.25, 0.3) is 0 Å². The molecule has 0 aromatic heterocycles. The summed E-state index contributed by atoms with van der Waals surface area (Å²) in [5.41, 5.74) is 6.75. The van der Waals surface area contributed by atoms with E-state index in [0.29, 0.717) is 29.0 Å². The largest absolute Gasteiger partial charge is 0.497 e. The number of hydrazone groups is 1. The van der Waals surface area contributed by atoms with Gasteiger partial charge in [0.25, 0.3) is 5.91 Å². The van der Waals surface area contributed by atoms with Crippen molar-refractivity contribution in [2.75, 3.05) is 7.11 Å². The zero-order chi connectivity index (χ0) is 19.8. The standard InChI is InChI=1S/C22H24N2O3/c1-13-10-14(2)18-16(11-13)12-22(3,4)20(19(18)25)23-24-21(26)15-6-8-17(27-5)9-7-15/h6-11H,12H2,1-5H3,(H,24,26)/b23-20+. The molecule has 5 nitrogen and oxygen atoms in total. The summed E-state index contributed by atoms with van der Waals surface area (Å²) in [6.45, 7) is 7.92. The van der Waals surface area contributed by atoms with Crippen molar-refractivity contribution in [2.45, 2.75) is 34.1 Å². The number of hydrogen-bond donors (Lipinski definition) is 1. The first kappa shape index (κ1) is 18.8. The van der Waals surface area contributed by atoms with Gasteiger partial charge in [0.1, 0.15) is 11.5 Å². The minimum Gasteiger partial charge on any atom is -0.497 e. The Balaban J connectivity index is 1.90. The van der Waals surface area contributed by atoms with Crippen molar-refractivity contribution in [3.63, 3.8) is 0 Å². The highest BCUT2D eigenvalue weighted by atomic mass is 16.5. The number of amides is 1. The Labute approximate surface area is 159 Å². The molecule has 0 saturated heterocycles. The lowest BCUT2D eigenvalue weighted by Gasteiger charge is -2.32. The van der Waals surface area contributed by atoms with Crippen molar-refractivity contribution in [3.05, 3.63) is 64.2 Å². The van der Waals surface area contributed by atoms with Gasteiger partial charge in [0.15, 0.2) is 0 Å². The molecule has 1 aliphatic carbocycles. The van der Waals surface area contributed by atoms with Gasteiger partial charge in [-0.3, -0.25) is 9.59 Å². The van der Waals surface area contributed by atoms with E-state index >= 15 is 0 Å². The van der Waals surface area contributed by atoms with Crippen molar-refractivity contribution >= 4 is 17.4 Å². The molecule has 1 amide bonds. The summed E-state index contributed by atoms with van der Waals surface area (Å²) < 4.78 is 5.09. The SMILES string of the molecule is COc1ccc(C(=O)N/N=C2\C(=O)c3c(C)cc(C)cc3CC2(C)C)cc1. The maximum absolute atomic E-state index is 13.1. The van der Waals surface area contributed by atoms with Crippen molar-refractivity contribution < 1.29 is 14.3 Å². The Morgan fingerprint density at radius 3 is 2.44 bits per heavy atom. The van der Waals surface area contributed by atoms with E-state index in [0.717, 1.165) is 16.7 Å². The molecule has 5 heteroatoms. The molecule has 0 aliphatic heterocycles. The van der Waals surface area contributed by atoms with Gasteiger partial charge in [-0.25, -0.2) is 5.43 Å². The fourth-order valence-corrected chi connectivity index (χ4v) is 3.62. The van der Waals surface area contributed by atoms with Crippen molar-refractivity contribution in [1.29, 1.82) is 0 Å². The third kappa shape index (κ3) is 3.63. The maximum Gasteiger partial charge on any atom is 0.271 e. The average molecular weight is 364 g/mol. The van der Waals surface area contributed by atoms with Crippen LogP contribution < -0.4 is 10.2 Å². The second-order valence-corrected chi connectivity index (χ2v) is 7.64. The van der Waals surface area contributed by atoms with Gasteiger partial charge in [-0.05, 0) is 55.7 Å². The molecule has 1 aliphatic rings. The summed E-state index contributed by atoms with van der Waals surface area (Å²) in [5.74, 6) is 0.192. The number of methoxy groups -OCH3 is 1. The van der Waals surface area contributed by atoms with Crippen LogP contribution >= 0.6 is 0 Å². The topological polar surface area (TPSA) is 67.8 Å². The number of benzene rings is 2. The molecule has 27 heavy (non-hydrogen) atoms. The smallest absolute Gasteiger partial charge is 0.271 e. The van der Waals surface area contributed by atoms with Crippen LogP contribution in [0.2, 0.25) is 0 Å². The fourth-order valence-electron chi connectivity index (χ4n) is 3.62. The Morgan fingerprint density at radius 2 is 1.81 bits per heavy atom. The molecule has 1 N–H and O–H groups in total. The molecule has 0 radical (unpaired) electrons. The predicted molar refractivity (Wildman–Crippen MR) is 106 cm³/mol. The summed E-state index contributed by atoms with van der Waals surface area (Å²) in [4.78, 5) is 25.5. The van der Waals surface area contributed by atoms with Crippen LogP contribution in [0.3, 0.4) is 0 Å². The van der Waals surface area contributed by atoms with E-state index in [1.165, 1.54) is 0 Å². The summed E-state index contributed by atoms with van der Waals surface area (Å²) >= 11 is 0. The highest BCUT2D eigenvalue weighted by molar-refractivity contribution is 6.49. The number of ether oxygens (including phenoxy) is 1. The van der Waals surface area contributed by atoms with E-state index in [9.17, 15) is 9.59 Å². The molecule has 0 fully saturated rings. The van der Waals surface area contributed by atoms with Gasteiger partial charge in [-0.15, -0.1) is 0 Å². The molecule has 0 bridgehead atoms. The number of Topliss-reactive ketones (excluding diaryl/α,β-unsaturated/α-hetero) is 1. The third-order valence-corrected chi connectivity index (χ3v) is 4.90. The Hall–Kier alpha value is -2.95. The van der Waals surface area contributed by atoms with Crippen LogP contribution in [0.15, 0.2) is 41.5 Å². The van der Waals surface area contributed by atoms with Crippen LogP contribution in [0.5, 0.6) is 5.75 Å². The number of carbonyl (C=O) groups excluding carboxylic acids is 2. The molecule has 0 heterocycles. The normalized spacial score (nSPS) is 16.8. The van der Waals surface area contributed by atoms with E-state index < -0.39 is 5.41 Å². The number of hydrogen-bond acceptors (Lipinski definition) is 4. The summed E-state index contributed by atoms with van der Waals surface area (Å²) in [6.07, 6.45) is 0.702. The highest BCUT2D eigenvalue weighted by Crippen LogP contribution is 2.35. The number of rotatable bonds is 3. The molecule has 140 valence electrons. The minimum atomic E-state index is -0.461. The average Bonchev–Trinajstić information content (AvgIpc) is 2.59. The molecule has 0 saturated carbocycles. The fraction of sp³-hybridized carbons (Fsp3) is 0.318. The van der Waals surface area contributed by atoms with Crippen molar-refractivity contribution in [2.24, 2.45) is 10.5 Å². The predicted octanol–water partition coefficient (Wildman–Crippen LogP) is 3.86. The highest BCUT2D eigenvalue weighted by Gasteiger charge is 2.39. The first-order chi connectivity index (χ1) is 12.7. The van der Waals surface area contributed by atoms with Gasteiger partial charge in [0.05, 0.1) is 7.11 Å². The number of carbonyl (C=O) groups is 2. The van der Waals surface area contributed by atoms with Crippen LogP contribution in [-0.4, -0.2) is 24.5 Å². The zero-order valence-corrected chi connectivity index (χ0v) is 16.3. The quantitative estimate of drug-likeness (QED) is 0.841. The Morgan fingerprint density at radius 1 is 1.15 bits per heavy atom. The molecule has 0 atom stereocenters. The van der Waals surface area contributed by atoms with E-state index in [1.807, 2.05) is 33.8 Å². The Bertz CT molecular complexity index is 941. The van der Waals surface area contributed by atoms with E-state index in [-0.39, 0.29) is 11.7 Å². The molecular formula is C22H24N2O3. The van der Waals surface area contributed by atoms with Gasteiger partial charge >= 0.3 is 0 Å². The van der Waals surface area contributed by atoms with Crippen LogP contribution in [0.4, 0.5) is 0 Å². The van der Waals surface area contributed by atoms with Crippen molar-refractivity contribution in [3.8, 4) is 5.75 Å². The molecular weight excluding hydrogens is 340 g/mol. The Kier molecular flexibility index (Phi) is 4.87. The number of fused-ring (bicyclic) bond motifs is 1. The molecule has 3 rings (SSSR count). The number of nitrogens with zero attached hydrogens (tertiary/aromatic N) is 1. The van der Waals surface area contributed by atoms with Crippen molar-refractivity contribution in [1.82, 2.24) is 5.43 Å². The number of nitrogens with one attached hydrogen (secondary N) is 1. The zero-order valence-electron chi connectivity index (χ0n) is 16.3. The number of ketones is 1. The minimum absolute atomic E-state index is 0.117. The molecule has 2 aromatic rings. The van der Waals surface area contributed by atoms with E-state index in [4.69, 9.17) is 4.74 Å². The monoisotopic (exact) mass is 364 g/mol. The van der Waals surface area contributed by atoms with Gasteiger partial charge in [0, 0.05) is 16.5 Å². The van der Waals surface area contributed by atoms with Crippen LogP contribution in [0.1, 0.15) is 51.3 Å². The molecule has 2 aromatic carbocycles. The molecule has 0 unspecified atom stereocenters. The lowest BCUT2D eigenvalue weighted by Crippen LogP contribution is -2.41. The maximum atomic E-state index is 13.1.